The standard InChI is InChI=1S/C12H5BrF3/c13-7-5-10(15)12(11(16)6-7)8-3-1-2-4-9(8)14/h1-2,4-6H. The molecule has 0 fully saturated rings. The van der Waals surface area contributed by atoms with Crippen molar-refractivity contribution >= 4 is 15.9 Å². The number of rotatable bonds is 1. The molecule has 16 heavy (non-hydrogen) atoms. The van der Waals surface area contributed by atoms with Crippen LogP contribution in [-0.4, -0.2) is 0 Å². The first-order valence-electron chi connectivity index (χ1n) is 4.40. The number of benzene rings is 2. The molecule has 0 aliphatic rings. The van der Waals surface area contributed by atoms with Crippen LogP contribution in [0.1, 0.15) is 0 Å². The van der Waals surface area contributed by atoms with Gasteiger partial charge in [-0.3, -0.25) is 0 Å². The first kappa shape index (κ1) is 11.2. The molecule has 0 heterocycles. The molecular weight excluding hydrogens is 281 g/mol. The van der Waals surface area contributed by atoms with Crippen molar-refractivity contribution in [2.45, 2.75) is 0 Å². The summed E-state index contributed by atoms with van der Waals surface area (Å²) in [6, 6.07) is 8.59. The normalized spacial score (nSPS) is 10.5. The van der Waals surface area contributed by atoms with Gasteiger partial charge in [0.05, 0.1) is 5.56 Å². The van der Waals surface area contributed by atoms with E-state index >= 15 is 0 Å². The minimum absolute atomic E-state index is 0.204. The summed E-state index contributed by atoms with van der Waals surface area (Å²) in [6.45, 7) is 0. The quantitative estimate of drug-likeness (QED) is 0.731. The van der Waals surface area contributed by atoms with E-state index in [1.54, 1.807) is 0 Å². The van der Waals surface area contributed by atoms with E-state index in [4.69, 9.17) is 0 Å². The van der Waals surface area contributed by atoms with Gasteiger partial charge >= 0.3 is 0 Å². The molecule has 2 aromatic rings. The van der Waals surface area contributed by atoms with Crippen molar-refractivity contribution in [1.82, 2.24) is 0 Å². The minimum atomic E-state index is -0.826. The van der Waals surface area contributed by atoms with Gasteiger partial charge in [0.1, 0.15) is 17.5 Å². The molecule has 0 aliphatic heterocycles. The van der Waals surface area contributed by atoms with Crippen molar-refractivity contribution in [2.75, 3.05) is 0 Å². The molecule has 4 heteroatoms. The van der Waals surface area contributed by atoms with Crippen LogP contribution in [0.15, 0.2) is 34.8 Å². The number of halogens is 4. The summed E-state index contributed by atoms with van der Waals surface area (Å²) in [7, 11) is 0. The zero-order chi connectivity index (χ0) is 11.7. The van der Waals surface area contributed by atoms with Gasteiger partial charge in [-0.15, -0.1) is 0 Å². The second-order valence-corrected chi connectivity index (χ2v) is 4.05. The third kappa shape index (κ3) is 1.97. The second-order valence-electron chi connectivity index (χ2n) is 3.14. The number of hydrogen-bond donors (Lipinski definition) is 0. The fourth-order valence-corrected chi connectivity index (χ4v) is 1.79. The van der Waals surface area contributed by atoms with E-state index in [2.05, 4.69) is 22.0 Å². The van der Waals surface area contributed by atoms with Gasteiger partial charge < -0.3 is 0 Å². The number of hydrogen-bond acceptors (Lipinski definition) is 0. The molecule has 0 nitrogen and oxygen atoms in total. The van der Waals surface area contributed by atoms with Crippen molar-refractivity contribution in [2.24, 2.45) is 0 Å². The highest BCUT2D eigenvalue weighted by Crippen LogP contribution is 2.30. The summed E-state index contributed by atoms with van der Waals surface area (Å²) < 4.78 is 40.7. The Balaban J connectivity index is 2.70. The van der Waals surface area contributed by atoms with Gasteiger partial charge in [-0.1, -0.05) is 28.1 Å². The largest absolute Gasteiger partial charge is 0.206 e. The van der Waals surface area contributed by atoms with Crippen LogP contribution in [0.25, 0.3) is 11.1 Å². The average molecular weight is 286 g/mol. The van der Waals surface area contributed by atoms with E-state index in [-0.39, 0.29) is 10.0 Å². The van der Waals surface area contributed by atoms with Crippen LogP contribution in [0.5, 0.6) is 0 Å². The highest BCUT2D eigenvalue weighted by molar-refractivity contribution is 9.10. The van der Waals surface area contributed by atoms with E-state index in [0.717, 1.165) is 18.2 Å². The summed E-state index contributed by atoms with van der Waals surface area (Å²) >= 11 is 2.95. The van der Waals surface area contributed by atoms with Crippen LogP contribution in [0.4, 0.5) is 13.2 Å². The predicted octanol–water partition coefficient (Wildman–Crippen LogP) is 4.33. The smallest absolute Gasteiger partial charge is 0.135 e. The molecular formula is C12H5BrF3. The third-order valence-corrected chi connectivity index (χ3v) is 2.52. The Bertz CT molecular complexity index is 515. The van der Waals surface area contributed by atoms with Crippen LogP contribution >= 0.6 is 15.9 Å². The maximum absolute atomic E-state index is 13.5. The maximum Gasteiger partial charge on any atom is 0.135 e. The second kappa shape index (κ2) is 4.29. The van der Waals surface area contributed by atoms with Gasteiger partial charge in [-0.2, -0.15) is 0 Å². The molecule has 0 N–H and O–H groups in total. The fraction of sp³-hybridized carbons (Fsp3) is 0. The first-order valence-corrected chi connectivity index (χ1v) is 5.20. The Labute approximate surface area is 98.9 Å². The minimum Gasteiger partial charge on any atom is -0.206 e. The molecule has 81 valence electrons. The first-order chi connectivity index (χ1) is 7.59. The van der Waals surface area contributed by atoms with E-state index < -0.39 is 23.0 Å². The molecule has 0 saturated heterocycles. The van der Waals surface area contributed by atoms with Crippen LogP contribution < -0.4 is 0 Å². The topological polar surface area (TPSA) is 0 Å². The average Bonchev–Trinajstić information content (AvgIpc) is 2.19. The van der Waals surface area contributed by atoms with Crippen molar-refractivity contribution in [3.05, 3.63) is 58.3 Å². The van der Waals surface area contributed by atoms with Gasteiger partial charge in [0.15, 0.2) is 0 Å². The monoisotopic (exact) mass is 285 g/mol. The zero-order valence-electron chi connectivity index (χ0n) is 7.90. The molecule has 0 aromatic heterocycles. The lowest BCUT2D eigenvalue weighted by Gasteiger charge is -2.06. The van der Waals surface area contributed by atoms with Crippen molar-refractivity contribution < 1.29 is 13.2 Å². The van der Waals surface area contributed by atoms with Gasteiger partial charge in [-0.25, -0.2) is 13.2 Å². The molecule has 0 amide bonds. The van der Waals surface area contributed by atoms with E-state index in [1.165, 1.54) is 12.1 Å². The SMILES string of the molecule is Fc1ccc[c]c1-c1c(F)cc(Br)cc1F. The fourth-order valence-electron chi connectivity index (χ4n) is 1.39. The Morgan fingerprint density at radius 2 is 1.62 bits per heavy atom. The summed E-state index contributed by atoms with van der Waals surface area (Å²) in [4.78, 5) is 0. The highest BCUT2D eigenvalue weighted by atomic mass is 79.9. The predicted molar refractivity (Wildman–Crippen MR) is 58.3 cm³/mol. The van der Waals surface area contributed by atoms with Crippen LogP contribution in [0.2, 0.25) is 0 Å². The highest BCUT2D eigenvalue weighted by Gasteiger charge is 2.15. The Morgan fingerprint density at radius 1 is 1.00 bits per heavy atom. The van der Waals surface area contributed by atoms with Gasteiger partial charge in [0.2, 0.25) is 0 Å². The molecule has 2 aromatic carbocycles. The molecule has 0 bridgehead atoms. The van der Waals surface area contributed by atoms with Crippen molar-refractivity contribution in [3.63, 3.8) is 0 Å². The summed E-state index contributed by atoms with van der Waals surface area (Å²) in [5.74, 6) is -2.36. The summed E-state index contributed by atoms with van der Waals surface area (Å²) in [6.07, 6.45) is 0. The molecule has 1 radical (unpaired) electrons. The lowest BCUT2D eigenvalue weighted by molar-refractivity contribution is 0.580. The Hall–Kier alpha value is -1.29. The van der Waals surface area contributed by atoms with Gasteiger partial charge in [0, 0.05) is 10.0 Å². The molecule has 0 unspecified atom stereocenters. The summed E-state index contributed by atoms with van der Waals surface area (Å²) in [5, 5.41) is 0. The molecule has 2 rings (SSSR count). The van der Waals surface area contributed by atoms with Crippen LogP contribution in [0, 0.1) is 23.5 Å². The molecule has 0 atom stereocenters. The van der Waals surface area contributed by atoms with E-state index in [9.17, 15) is 13.2 Å². The van der Waals surface area contributed by atoms with Gasteiger partial charge in [-0.05, 0) is 24.3 Å². The van der Waals surface area contributed by atoms with Crippen molar-refractivity contribution in [1.29, 1.82) is 0 Å². The lowest BCUT2D eigenvalue weighted by atomic mass is 10.0. The Morgan fingerprint density at radius 3 is 2.19 bits per heavy atom. The lowest BCUT2D eigenvalue weighted by Crippen LogP contribution is -1.93. The summed E-state index contributed by atoms with van der Waals surface area (Å²) in [5.41, 5.74) is -0.605. The van der Waals surface area contributed by atoms with E-state index in [1.807, 2.05) is 0 Å². The Kier molecular flexibility index (Phi) is 3.01. The van der Waals surface area contributed by atoms with Crippen LogP contribution in [0.3, 0.4) is 0 Å². The molecule has 0 saturated carbocycles. The van der Waals surface area contributed by atoms with Crippen LogP contribution in [-0.2, 0) is 0 Å². The van der Waals surface area contributed by atoms with E-state index in [0.29, 0.717) is 0 Å². The molecule has 0 aliphatic carbocycles. The zero-order valence-corrected chi connectivity index (χ0v) is 9.48. The van der Waals surface area contributed by atoms with Crippen molar-refractivity contribution in [3.8, 4) is 11.1 Å². The molecule has 0 spiro atoms. The van der Waals surface area contributed by atoms with Gasteiger partial charge in [0.25, 0.3) is 0 Å². The third-order valence-electron chi connectivity index (χ3n) is 2.06. The maximum atomic E-state index is 13.5.